The molecule has 5 aromatic carbocycles. The molecule has 0 aliphatic heterocycles. The average Bonchev–Trinajstić information content (AvgIpc) is 3.29. The number of esters is 4. The van der Waals surface area contributed by atoms with Crippen LogP contribution in [-0.4, -0.2) is 62.2 Å². The molecule has 5 aromatic rings. The zero-order chi connectivity index (χ0) is 43.2. The second-order valence-corrected chi connectivity index (χ2v) is 13.3. The minimum atomic E-state index is -0.497. The van der Waals surface area contributed by atoms with Gasteiger partial charge in [0.25, 0.3) is 0 Å². The summed E-state index contributed by atoms with van der Waals surface area (Å²) in [6, 6.07) is 35.5. The predicted octanol–water partition coefficient (Wildman–Crippen LogP) is 9.41. The van der Waals surface area contributed by atoms with E-state index in [1.165, 1.54) is 0 Å². The summed E-state index contributed by atoms with van der Waals surface area (Å²) in [7, 11) is 0. The van der Waals surface area contributed by atoms with Gasteiger partial charge in [-0.3, -0.25) is 0 Å². The van der Waals surface area contributed by atoms with Crippen LogP contribution in [0.4, 0.5) is 0 Å². The fourth-order valence-electron chi connectivity index (χ4n) is 5.44. The van der Waals surface area contributed by atoms with Gasteiger partial charge >= 0.3 is 23.9 Å². The molecule has 0 bridgehead atoms. The van der Waals surface area contributed by atoms with Gasteiger partial charge in [-0.15, -0.1) is 0 Å². The van der Waals surface area contributed by atoms with Gasteiger partial charge in [-0.25, -0.2) is 19.2 Å². The summed E-state index contributed by atoms with van der Waals surface area (Å²) in [5.74, 6) is 0.186. The van der Waals surface area contributed by atoms with Crippen molar-refractivity contribution in [2.24, 2.45) is 10.2 Å². The molecule has 0 saturated heterocycles. The van der Waals surface area contributed by atoms with Gasteiger partial charge in [0, 0.05) is 12.2 Å². The fourth-order valence-corrected chi connectivity index (χ4v) is 5.44. The molecule has 0 aliphatic rings. The fraction of sp³-hybridized carbons (Fsp3) is 0.184. The van der Waals surface area contributed by atoms with Crippen LogP contribution in [0.3, 0.4) is 0 Å². The number of benzene rings is 5. The van der Waals surface area contributed by atoms with Crippen LogP contribution in [0, 0.1) is 0 Å². The minimum absolute atomic E-state index is 0.306. The van der Waals surface area contributed by atoms with E-state index < -0.39 is 23.9 Å². The Bertz CT molecular complexity index is 2300. The second kappa shape index (κ2) is 23.7. The molecule has 0 saturated carbocycles. The summed E-state index contributed by atoms with van der Waals surface area (Å²) in [5, 5.41) is 8.58. The van der Waals surface area contributed by atoms with E-state index in [1.54, 1.807) is 91.1 Å². The third-order valence-electron chi connectivity index (χ3n) is 8.82. The maximum Gasteiger partial charge on any atom is 0.343 e. The number of carbonyl (C=O) groups excluding carboxylic acids is 4. The van der Waals surface area contributed by atoms with Gasteiger partial charge in [0.1, 0.15) is 23.0 Å². The van der Waals surface area contributed by atoms with Crippen molar-refractivity contribution in [3.8, 4) is 34.1 Å². The third kappa shape index (κ3) is 14.9. The lowest BCUT2D eigenvalue weighted by molar-refractivity contribution is -0.138. The van der Waals surface area contributed by atoms with Gasteiger partial charge in [-0.2, -0.15) is 10.2 Å². The highest BCUT2D eigenvalue weighted by Gasteiger charge is 2.11. The largest absolute Gasteiger partial charge is 0.494 e. The molecule has 0 unspecified atom stereocenters. The molecular formula is C49H46N2O10. The normalized spacial score (nSPS) is 11.0. The smallest absolute Gasteiger partial charge is 0.343 e. The Hall–Kier alpha value is -7.60. The summed E-state index contributed by atoms with van der Waals surface area (Å²) in [4.78, 5) is 47.6. The molecule has 0 N–H and O–H groups in total. The molecule has 5 rings (SSSR count). The van der Waals surface area contributed by atoms with Crippen molar-refractivity contribution in [1.82, 2.24) is 0 Å². The Balaban J connectivity index is 1.03. The van der Waals surface area contributed by atoms with Crippen LogP contribution in [0.15, 0.2) is 157 Å². The average molecular weight is 823 g/mol. The van der Waals surface area contributed by atoms with Gasteiger partial charge in [0.15, 0.2) is 0 Å². The monoisotopic (exact) mass is 822 g/mol. The molecule has 12 nitrogen and oxygen atoms in total. The van der Waals surface area contributed by atoms with Crippen molar-refractivity contribution in [3.05, 3.63) is 169 Å². The van der Waals surface area contributed by atoms with Gasteiger partial charge in [-0.05, 0) is 140 Å². The highest BCUT2D eigenvalue weighted by molar-refractivity contribution is 5.99. The number of hydrogen-bond donors (Lipinski definition) is 0. The van der Waals surface area contributed by atoms with Crippen molar-refractivity contribution < 1.29 is 47.6 Å². The molecule has 312 valence electrons. The molecule has 0 radical (unpaired) electrons. The Morgan fingerprint density at radius 2 is 0.869 bits per heavy atom. The third-order valence-corrected chi connectivity index (χ3v) is 8.82. The van der Waals surface area contributed by atoms with Gasteiger partial charge in [0.05, 0.1) is 49.5 Å². The molecule has 0 heterocycles. The van der Waals surface area contributed by atoms with E-state index in [9.17, 15) is 19.2 Å². The molecule has 0 spiro atoms. The van der Waals surface area contributed by atoms with Crippen LogP contribution in [0.1, 0.15) is 64.4 Å². The van der Waals surface area contributed by atoms with Crippen molar-refractivity contribution in [2.45, 2.75) is 32.6 Å². The summed E-state index contributed by atoms with van der Waals surface area (Å²) in [5.41, 5.74) is 5.11. The molecular weight excluding hydrogens is 777 g/mol. The summed E-state index contributed by atoms with van der Waals surface area (Å²) < 4.78 is 32.4. The molecule has 61 heavy (non-hydrogen) atoms. The topological polar surface area (TPSA) is 148 Å². The van der Waals surface area contributed by atoms with Crippen LogP contribution in [0.2, 0.25) is 0 Å². The van der Waals surface area contributed by atoms with E-state index >= 15 is 0 Å². The number of unbranched alkanes of at least 4 members (excludes halogenated alkanes) is 2. The molecule has 12 heteroatoms. The quantitative estimate of drug-likeness (QED) is 0.0165. The lowest BCUT2D eigenvalue weighted by Gasteiger charge is -2.09. The van der Waals surface area contributed by atoms with E-state index in [0.29, 0.717) is 86.2 Å². The molecule has 0 atom stereocenters. The number of hydrogen-bond acceptors (Lipinski definition) is 12. The van der Waals surface area contributed by atoms with Crippen LogP contribution in [0.5, 0.6) is 23.0 Å². The first-order chi connectivity index (χ1) is 29.7. The predicted molar refractivity (Wildman–Crippen MR) is 233 cm³/mol. The van der Waals surface area contributed by atoms with Gasteiger partial charge in [0.2, 0.25) is 0 Å². The van der Waals surface area contributed by atoms with Crippen molar-refractivity contribution in [3.63, 3.8) is 0 Å². The Morgan fingerprint density at radius 1 is 0.492 bits per heavy atom. The maximum atomic E-state index is 12.7. The first kappa shape index (κ1) is 44.5. The number of ether oxygens (including phenoxy) is 6. The second-order valence-electron chi connectivity index (χ2n) is 13.3. The first-order valence-electron chi connectivity index (χ1n) is 19.6. The SMILES string of the molecule is C=CC(=O)OCCCCOc1ccc(C(=O)Oc2ccc(/C=N/N=C(\C)c3ccc(-c4ccc(OC(=O)c5ccc(OCCCCOC(=O)C=C)cc5)cc4)cc3)cc2)cc1. The van der Waals surface area contributed by atoms with E-state index in [0.717, 1.165) is 40.1 Å². The Morgan fingerprint density at radius 3 is 1.31 bits per heavy atom. The lowest BCUT2D eigenvalue weighted by atomic mass is 10.0. The van der Waals surface area contributed by atoms with Crippen LogP contribution < -0.4 is 18.9 Å². The molecule has 0 amide bonds. The number of nitrogens with zero attached hydrogens (tertiary/aromatic N) is 2. The number of carbonyl (C=O) groups is 4. The summed E-state index contributed by atoms with van der Waals surface area (Å²) >= 11 is 0. The lowest BCUT2D eigenvalue weighted by Crippen LogP contribution is -2.08. The van der Waals surface area contributed by atoms with Crippen LogP contribution >= 0.6 is 0 Å². The van der Waals surface area contributed by atoms with Crippen molar-refractivity contribution >= 4 is 35.8 Å². The van der Waals surface area contributed by atoms with Crippen molar-refractivity contribution in [1.29, 1.82) is 0 Å². The highest BCUT2D eigenvalue weighted by atomic mass is 16.5. The van der Waals surface area contributed by atoms with E-state index in [2.05, 4.69) is 23.4 Å². The summed E-state index contributed by atoms with van der Waals surface area (Å²) in [6.45, 7) is 10.1. The zero-order valence-corrected chi connectivity index (χ0v) is 33.8. The van der Waals surface area contributed by atoms with Gasteiger partial charge < -0.3 is 28.4 Å². The minimum Gasteiger partial charge on any atom is -0.494 e. The standard InChI is InChI=1S/C49H46N2O10/c1-4-46(52)58-32-8-6-30-56-42-24-18-40(19-25-42)48(54)60-44-22-10-36(11-23-44)34-50-51-35(3)37-12-14-38(15-13-37)39-16-28-45(29-17-39)61-49(55)41-20-26-43(27-21-41)57-31-7-9-33-59-47(53)5-2/h4-5,10-29,34H,1-2,6-9,30-33H2,3H3/b50-34+,51-35+. The van der Waals surface area contributed by atoms with Crippen LogP contribution in [-0.2, 0) is 19.1 Å². The van der Waals surface area contributed by atoms with E-state index in [4.69, 9.17) is 28.4 Å². The number of rotatable bonds is 22. The van der Waals surface area contributed by atoms with Crippen molar-refractivity contribution in [2.75, 3.05) is 26.4 Å². The van der Waals surface area contributed by atoms with E-state index in [1.807, 2.05) is 43.3 Å². The molecule has 0 fully saturated rings. The first-order valence-corrected chi connectivity index (χ1v) is 19.6. The molecule has 0 aliphatic carbocycles. The van der Waals surface area contributed by atoms with E-state index in [-0.39, 0.29) is 0 Å². The van der Waals surface area contributed by atoms with Crippen LogP contribution in [0.25, 0.3) is 11.1 Å². The molecule has 0 aromatic heterocycles. The maximum absolute atomic E-state index is 12.7. The summed E-state index contributed by atoms with van der Waals surface area (Å²) in [6.07, 6.45) is 6.63. The zero-order valence-electron chi connectivity index (χ0n) is 33.8. The Labute approximate surface area is 354 Å². The van der Waals surface area contributed by atoms with Gasteiger partial charge in [-0.1, -0.05) is 49.6 Å². The Kier molecular flexibility index (Phi) is 17.3. The highest BCUT2D eigenvalue weighted by Crippen LogP contribution is 2.24.